The van der Waals surface area contributed by atoms with Gasteiger partial charge in [-0.05, 0) is 23.3 Å². The molecule has 1 aliphatic rings. The smallest absolute Gasteiger partial charge is 0.251 e. The zero-order chi connectivity index (χ0) is 22.3. The van der Waals surface area contributed by atoms with Gasteiger partial charge in [-0.3, -0.25) is 14.4 Å². The van der Waals surface area contributed by atoms with Crippen molar-refractivity contribution in [3.8, 4) is 0 Å². The predicted octanol–water partition coefficient (Wildman–Crippen LogP) is 3.25. The summed E-state index contributed by atoms with van der Waals surface area (Å²) in [6, 6.07) is 26.4. The fraction of sp³-hybridized carbons (Fsp3) is 0.192. The molecule has 162 valence electrons. The monoisotopic (exact) mass is 427 g/mol. The van der Waals surface area contributed by atoms with Crippen molar-refractivity contribution >= 4 is 17.7 Å². The predicted molar refractivity (Wildman–Crippen MR) is 122 cm³/mol. The van der Waals surface area contributed by atoms with Gasteiger partial charge in [0.05, 0.1) is 12.5 Å². The van der Waals surface area contributed by atoms with Crippen LogP contribution in [-0.4, -0.2) is 35.7 Å². The van der Waals surface area contributed by atoms with Crippen LogP contribution >= 0.6 is 0 Å². The normalized spacial score (nSPS) is 16.7. The molecule has 3 aromatic carbocycles. The van der Waals surface area contributed by atoms with Gasteiger partial charge in [0, 0.05) is 18.7 Å². The van der Waals surface area contributed by atoms with E-state index >= 15 is 0 Å². The van der Waals surface area contributed by atoms with Gasteiger partial charge in [0.25, 0.3) is 5.91 Å². The highest BCUT2D eigenvalue weighted by molar-refractivity contribution is 5.95. The van der Waals surface area contributed by atoms with E-state index in [9.17, 15) is 14.4 Å². The number of piperazine rings is 1. The highest BCUT2D eigenvalue weighted by Crippen LogP contribution is 2.26. The average molecular weight is 428 g/mol. The van der Waals surface area contributed by atoms with E-state index < -0.39 is 12.1 Å². The van der Waals surface area contributed by atoms with E-state index in [-0.39, 0.29) is 24.1 Å². The fourth-order valence-corrected chi connectivity index (χ4v) is 3.96. The molecular weight excluding hydrogens is 402 g/mol. The maximum atomic E-state index is 13.4. The molecule has 0 unspecified atom stereocenters. The SMILES string of the molecule is O=C(N[C@@H](CC(=O)N1CCNC(=O)[C@@H]1c1ccccc1)c1ccccc1)c1ccccc1. The highest BCUT2D eigenvalue weighted by atomic mass is 16.2. The number of nitrogens with one attached hydrogen (secondary N) is 2. The third-order valence-electron chi connectivity index (χ3n) is 5.57. The summed E-state index contributed by atoms with van der Waals surface area (Å²) in [5, 5.41) is 5.85. The Labute approximate surface area is 187 Å². The van der Waals surface area contributed by atoms with E-state index in [2.05, 4.69) is 10.6 Å². The molecular formula is C26H25N3O3. The minimum Gasteiger partial charge on any atom is -0.352 e. The zero-order valence-electron chi connectivity index (χ0n) is 17.6. The van der Waals surface area contributed by atoms with Gasteiger partial charge in [-0.1, -0.05) is 78.9 Å². The molecule has 0 aromatic heterocycles. The van der Waals surface area contributed by atoms with Crippen LogP contribution in [0.3, 0.4) is 0 Å². The summed E-state index contributed by atoms with van der Waals surface area (Å²) in [4.78, 5) is 40.5. The Kier molecular flexibility index (Phi) is 6.60. The molecule has 6 nitrogen and oxygen atoms in total. The van der Waals surface area contributed by atoms with Crippen molar-refractivity contribution < 1.29 is 14.4 Å². The summed E-state index contributed by atoms with van der Waals surface area (Å²) < 4.78 is 0. The molecule has 32 heavy (non-hydrogen) atoms. The second-order valence-electron chi connectivity index (χ2n) is 7.70. The van der Waals surface area contributed by atoms with Crippen LogP contribution < -0.4 is 10.6 Å². The number of carbonyl (C=O) groups is 3. The standard InChI is InChI=1S/C26H25N3O3/c30-23(29-17-16-27-26(32)24(29)20-12-6-2-7-13-20)18-22(19-10-4-1-5-11-19)28-25(31)21-14-8-3-9-15-21/h1-15,22,24H,16-18H2,(H,27,32)(H,28,31)/t22-,24-/m0/s1. The van der Waals surface area contributed by atoms with Gasteiger partial charge in [0.15, 0.2) is 0 Å². The lowest BCUT2D eigenvalue weighted by Gasteiger charge is -2.36. The summed E-state index contributed by atoms with van der Waals surface area (Å²) in [5.41, 5.74) is 2.13. The van der Waals surface area contributed by atoms with Crippen molar-refractivity contribution in [2.24, 2.45) is 0 Å². The number of hydrogen-bond donors (Lipinski definition) is 2. The fourth-order valence-electron chi connectivity index (χ4n) is 3.96. The van der Waals surface area contributed by atoms with Crippen LogP contribution in [0.2, 0.25) is 0 Å². The van der Waals surface area contributed by atoms with Gasteiger partial charge in [-0.15, -0.1) is 0 Å². The minimum atomic E-state index is -0.682. The van der Waals surface area contributed by atoms with E-state index in [0.29, 0.717) is 18.7 Å². The Hall–Kier alpha value is -3.93. The molecule has 0 bridgehead atoms. The average Bonchev–Trinajstić information content (AvgIpc) is 2.85. The van der Waals surface area contributed by atoms with Crippen molar-refractivity contribution in [1.29, 1.82) is 0 Å². The van der Waals surface area contributed by atoms with Crippen molar-refractivity contribution in [2.75, 3.05) is 13.1 Å². The summed E-state index contributed by atoms with van der Waals surface area (Å²) in [6.07, 6.45) is 0.0548. The molecule has 0 spiro atoms. The quantitative estimate of drug-likeness (QED) is 0.634. The number of amides is 3. The second kappa shape index (κ2) is 9.92. The Morgan fingerprint density at radius 2 is 1.50 bits per heavy atom. The Morgan fingerprint density at radius 1 is 0.906 bits per heavy atom. The molecule has 0 saturated carbocycles. The van der Waals surface area contributed by atoms with E-state index in [4.69, 9.17) is 0 Å². The van der Waals surface area contributed by atoms with Gasteiger partial charge >= 0.3 is 0 Å². The third kappa shape index (κ3) is 4.86. The molecule has 4 rings (SSSR count). The largest absolute Gasteiger partial charge is 0.352 e. The first kappa shape index (κ1) is 21.3. The van der Waals surface area contributed by atoms with E-state index in [1.807, 2.05) is 66.7 Å². The van der Waals surface area contributed by atoms with Gasteiger partial charge in [0.2, 0.25) is 11.8 Å². The van der Waals surface area contributed by atoms with Crippen LogP contribution in [0.4, 0.5) is 0 Å². The molecule has 2 N–H and O–H groups in total. The van der Waals surface area contributed by atoms with Crippen molar-refractivity contribution in [1.82, 2.24) is 15.5 Å². The molecule has 0 aliphatic carbocycles. The van der Waals surface area contributed by atoms with Crippen LogP contribution in [-0.2, 0) is 9.59 Å². The van der Waals surface area contributed by atoms with Crippen molar-refractivity contribution in [3.05, 3.63) is 108 Å². The second-order valence-corrected chi connectivity index (χ2v) is 7.70. The van der Waals surface area contributed by atoms with Gasteiger partial charge < -0.3 is 15.5 Å². The Morgan fingerprint density at radius 3 is 2.16 bits per heavy atom. The van der Waals surface area contributed by atoms with Crippen LogP contribution in [0, 0.1) is 0 Å². The molecule has 3 amide bonds. The van der Waals surface area contributed by atoms with Gasteiger partial charge in [-0.25, -0.2) is 0 Å². The van der Waals surface area contributed by atoms with Crippen LogP contribution in [0.15, 0.2) is 91.0 Å². The van der Waals surface area contributed by atoms with Crippen LogP contribution in [0.1, 0.15) is 40.0 Å². The molecule has 2 atom stereocenters. The number of rotatable bonds is 6. The first-order valence-electron chi connectivity index (χ1n) is 10.7. The summed E-state index contributed by atoms with van der Waals surface area (Å²) in [5.74, 6) is -0.625. The lowest BCUT2D eigenvalue weighted by atomic mass is 9.99. The highest BCUT2D eigenvalue weighted by Gasteiger charge is 2.35. The number of carbonyl (C=O) groups excluding carboxylic acids is 3. The third-order valence-corrected chi connectivity index (χ3v) is 5.57. The molecule has 1 saturated heterocycles. The molecule has 3 aromatic rings. The Bertz CT molecular complexity index is 1070. The molecule has 6 heteroatoms. The van der Waals surface area contributed by atoms with Gasteiger partial charge in [-0.2, -0.15) is 0 Å². The summed E-state index contributed by atoms with van der Waals surface area (Å²) >= 11 is 0. The van der Waals surface area contributed by atoms with E-state index in [0.717, 1.165) is 11.1 Å². The molecule has 1 aliphatic heterocycles. The van der Waals surface area contributed by atoms with Crippen molar-refractivity contribution in [3.63, 3.8) is 0 Å². The maximum absolute atomic E-state index is 13.4. The zero-order valence-corrected chi connectivity index (χ0v) is 17.6. The molecule has 1 fully saturated rings. The number of hydrogen-bond acceptors (Lipinski definition) is 3. The van der Waals surface area contributed by atoms with Crippen LogP contribution in [0.5, 0.6) is 0 Å². The number of nitrogens with zero attached hydrogens (tertiary/aromatic N) is 1. The molecule has 1 heterocycles. The maximum Gasteiger partial charge on any atom is 0.251 e. The lowest BCUT2D eigenvalue weighted by molar-refractivity contribution is -0.144. The number of benzene rings is 3. The van der Waals surface area contributed by atoms with E-state index in [1.54, 1.807) is 29.2 Å². The minimum absolute atomic E-state index is 0.0548. The Balaban J connectivity index is 1.57. The topological polar surface area (TPSA) is 78.5 Å². The first-order valence-corrected chi connectivity index (χ1v) is 10.7. The summed E-state index contributed by atoms with van der Waals surface area (Å²) in [6.45, 7) is 0.818. The van der Waals surface area contributed by atoms with Crippen LogP contribution in [0.25, 0.3) is 0 Å². The lowest BCUT2D eigenvalue weighted by Crippen LogP contribution is -2.52. The van der Waals surface area contributed by atoms with E-state index in [1.165, 1.54) is 0 Å². The summed E-state index contributed by atoms with van der Waals surface area (Å²) in [7, 11) is 0. The molecule has 0 radical (unpaired) electrons. The van der Waals surface area contributed by atoms with Gasteiger partial charge in [0.1, 0.15) is 6.04 Å². The first-order chi connectivity index (χ1) is 15.6. The van der Waals surface area contributed by atoms with Crippen molar-refractivity contribution in [2.45, 2.75) is 18.5 Å².